The van der Waals surface area contributed by atoms with Gasteiger partial charge in [-0.3, -0.25) is 9.59 Å². The second kappa shape index (κ2) is 7.20. The predicted molar refractivity (Wildman–Crippen MR) is 115 cm³/mol. The number of carbonyl (C=O) groups is 2. The zero-order valence-corrected chi connectivity index (χ0v) is 17.0. The van der Waals surface area contributed by atoms with E-state index in [1.54, 1.807) is 17.9 Å². The quantitative estimate of drug-likeness (QED) is 0.681. The number of likely N-dealkylation sites (tertiary alicyclic amines) is 1. The number of anilines is 1. The van der Waals surface area contributed by atoms with Crippen molar-refractivity contribution < 1.29 is 9.59 Å². The maximum Gasteiger partial charge on any atom is 0.272 e. The smallest absolute Gasteiger partial charge is 0.272 e. The van der Waals surface area contributed by atoms with Gasteiger partial charge in [0.1, 0.15) is 5.69 Å². The second-order valence-corrected chi connectivity index (χ2v) is 8.32. The maximum absolute atomic E-state index is 13.5. The molecule has 2 aliphatic rings. The van der Waals surface area contributed by atoms with Crippen LogP contribution >= 0.6 is 0 Å². The number of amides is 1. The van der Waals surface area contributed by atoms with Gasteiger partial charge in [0.15, 0.2) is 5.78 Å². The minimum atomic E-state index is -0.207. The average Bonchev–Trinajstić information content (AvgIpc) is 3.17. The van der Waals surface area contributed by atoms with Gasteiger partial charge in [0.25, 0.3) is 5.91 Å². The van der Waals surface area contributed by atoms with Crippen LogP contribution < -0.4 is 5.73 Å². The molecule has 1 amide bonds. The van der Waals surface area contributed by atoms with Crippen LogP contribution in [0, 0.1) is 12.8 Å². The molecule has 2 heterocycles. The summed E-state index contributed by atoms with van der Waals surface area (Å²) in [4.78, 5) is 36.3. The van der Waals surface area contributed by atoms with E-state index in [4.69, 9.17) is 5.73 Å². The van der Waals surface area contributed by atoms with E-state index >= 15 is 0 Å². The molecule has 0 unspecified atom stereocenters. The molecule has 0 radical (unpaired) electrons. The van der Waals surface area contributed by atoms with Crippen molar-refractivity contribution in [3.63, 3.8) is 0 Å². The normalized spacial score (nSPS) is 18.0. The van der Waals surface area contributed by atoms with Crippen molar-refractivity contribution >= 4 is 28.4 Å². The number of ketones is 1. The summed E-state index contributed by atoms with van der Waals surface area (Å²) >= 11 is 0. The predicted octanol–water partition coefficient (Wildman–Crippen LogP) is 3.35. The van der Waals surface area contributed by atoms with Crippen LogP contribution in [0.4, 0.5) is 5.95 Å². The Hall–Kier alpha value is -3.28. The number of nitrogens with two attached hydrogens (primary N) is 1. The minimum absolute atomic E-state index is 0.0934. The van der Waals surface area contributed by atoms with E-state index in [2.05, 4.69) is 28.2 Å². The van der Waals surface area contributed by atoms with Gasteiger partial charge in [-0.1, -0.05) is 30.3 Å². The van der Waals surface area contributed by atoms with E-state index in [-0.39, 0.29) is 23.6 Å². The van der Waals surface area contributed by atoms with Crippen LogP contribution in [0.2, 0.25) is 0 Å². The molecule has 1 aliphatic heterocycles. The zero-order chi connectivity index (χ0) is 20.8. The van der Waals surface area contributed by atoms with Crippen molar-refractivity contribution in [1.29, 1.82) is 0 Å². The molecular formula is C24H24N4O2. The summed E-state index contributed by atoms with van der Waals surface area (Å²) in [7, 11) is 0. The summed E-state index contributed by atoms with van der Waals surface area (Å²) in [6.07, 6.45) is 3.66. The fourth-order valence-corrected chi connectivity index (χ4v) is 4.92. The Balaban J connectivity index is 1.42. The highest BCUT2D eigenvalue weighted by Gasteiger charge is 2.31. The first kappa shape index (κ1) is 18.7. The Morgan fingerprint density at radius 2 is 1.90 bits per heavy atom. The number of nitrogens with zero attached hydrogens (tertiary/aromatic N) is 3. The number of carbonyl (C=O) groups excluding carboxylic acids is 2. The lowest BCUT2D eigenvalue weighted by Crippen LogP contribution is -2.42. The van der Waals surface area contributed by atoms with Crippen LogP contribution in [0.3, 0.4) is 0 Å². The summed E-state index contributed by atoms with van der Waals surface area (Å²) in [5.74, 6) is -0.177. The number of benzene rings is 2. The van der Waals surface area contributed by atoms with Crippen LogP contribution in [-0.4, -0.2) is 39.6 Å². The van der Waals surface area contributed by atoms with E-state index in [0.717, 1.165) is 36.6 Å². The lowest BCUT2D eigenvalue weighted by molar-refractivity contribution is 0.0632. The molecule has 152 valence electrons. The van der Waals surface area contributed by atoms with Gasteiger partial charge in [0.05, 0.1) is 0 Å². The number of hydrogen-bond acceptors (Lipinski definition) is 5. The number of aryl methyl sites for hydroxylation is 3. The molecule has 6 nitrogen and oxygen atoms in total. The van der Waals surface area contributed by atoms with Gasteiger partial charge in [0, 0.05) is 30.3 Å². The lowest BCUT2D eigenvalue weighted by Gasteiger charge is -2.32. The first-order chi connectivity index (χ1) is 14.5. The Labute approximate surface area is 175 Å². The molecule has 2 aromatic carbocycles. The van der Waals surface area contributed by atoms with Crippen LogP contribution in [0.5, 0.6) is 0 Å². The van der Waals surface area contributed by atoms with Crippen molar-refractivity contribution in [2.24, 2.45) is 5.92 Å². The molecule has 1 atom stereocenters. The molecular weight excluding hydrogens is 376 g/mol. The van der Waals surface area contributed by atoms with Gasteiger partial charge < -0.3 is 10.6 Å². The number of Topliss-reactive ketones (excluding diaryl/α,β-unsaturated/α-hetero) is 1. The largest absolute Gasteiger partial charge is 0.368 e. The molecule has 5 rings (SSSR count). The number of rotatable bonds is 3. The molecule has 6 heteroatoms. The fraction of sp³-hybridized carbons (Fsp3) is 0.333. The number of hydrogen-bond donors (Lipinski definition) is 1. The molecule has 2 N–H and O–H groups in total. The highest BCUT2D eigenvalue weighted by atomic mass is 16.2. The van der Waals surface area contributed by atoms with E-state index < -0.39 is 0 Å². The maximum atomic E-state index is 13.5. The second-order valence-electron chi connectivity index (χ2n) is 8.32. The fourth-order valence-electron chi connectivity index (χ4n) is 4.92. The molecule has 1 aliphatic carbocycles. The third-order valence-corrected chi connectivity index (χ3v) is 6.31. The van der Waals surface area contributed by atoms with Crippen LogP contribution in [0.15, 0.2) is 36.4 Å². The van der Waals surface area contributed by atoms with Crippen LogP contribution in [0.1, 0.15) is 50.5 Å². The first-order valence-electron chi connectivity index (χ1n) is 10.5. The van der Waals surface area contributed by atoms with Gasteiger partial charge in [0.2, 0.25) is 5.95 Å². The topological polar surface area (TPSA) is 89.2 Å². The Morgan fingerprint density at radius 3 is 2.70 bits per heavy atom. The monoisotopic (exact) mass is 400 g/mol. The van der Waals surface area contributed by atoms with Crippen molar-refractivity contribution in [3.05, 3.63) is 64.5 Å². The van der Waals surface area contributed by atoms with Crippen molar-refractivity contribution in [1.82, 2.24) is 14.9 Å². The summed E-state index contributed by atoms with van der Waals surface area (Å²) in [5.41, 5.74) is 10.1. The van der Waals surface area contributed by atoms with Gasteiger partial charge in [-0.15, -0.1) is 0 Å². The number of nitrogen functional groups attached to an aromatic ring is 1. The molecule has 30 heavy (non-hydrogen) atoms. The lowest BCUT2D eigenvalue weighted by atomic mass is 9.87. The summed E-state index contributed by atoms with van der Waals surface area (Å²) in [5, 5.41) is 2.30. The minimum Gasteiger partial charge on any atom is -0.368 e. The summed E-state index contributed by atoms with van der Waals surface area (Å²) in [6.45, 7) is 2.81. The Bertz CT molecular complexity index is 1160. The first-order valence-corrected chi connectivity index (χ1v) is 10.5. The molecule has 1 fully saturated rings. The Kier molecular flexibility index (Phi) is 4.50. The van der Waals surface area contributed by atoms with Gasteiger partial charge in [-0.2, -0.15) is 0 Å². The van der Waals surface area contributed by atoms with Gasteiger partial charge >= 0.3 is 0 Å². The highest BCUT2D eigenvalue weighted by molar-refractivity contribution is 6.11. The SMILES string of the molecule is Cc1cc(C(=O)N2CCC[C@@H](C(=O)c3ccc4c5c(cccc35)CC4)C2)nc(N)n1. The molecule has 3 aromatic rings. The van der Waals surface area contributed by atoms with E-state index in [0.29, 0.717) is 24.5 Å². The van der Waals surface area contributed by atoms with E-state index in [1.165, 1.54) is 16.5 Å². The number of piperidine rings is 1. The van der Waals surface area contributed by atoms with E-state index in [9.17, 15) is 9.59 Å². The van der Waals surface area contributed by atoms with Crippen molar-refractivity contribution in [2.75, 3.05) is 18.8 Å². The van der Waals surface area contributed by atoms with Gasteiger partial charge in [-0.25, -0.2) is 9.97 Å². The summed E-state index contributed by atoms with van der Waals surface area (Å²) < 4.78 is 0. The molecule has 1 saturated heterocycles. The molecule has 1 aromatic heterocycles. The summed E-state index contributed by atoms with van der Waals surface area (Å²) in [6, 6.07) is 12.0. The third kappa shape index (κ3) is 3.12. The van der Waals surface area contributed by atoms with Gasteiger partial charge in [-0.05, 0) is 60.6 Å². The average molecular weight is 400 g/mol. The van der Waals surface area contributed by atoms with Crippen LogP contribution in [-0.2, 0) is 12.8 Å². The zero-order valence-electron chi connectivity index (χ0n) is 17.0. The third-order valence-electron chi connectivity index (χ3n) is 6.31. The molecule has 0 spiro atoms. The molecule has 0 saturated carbocycles. The van der Waals surface area contributed by atoms with Crippen molar-refractivity contribution in [2.45, 2.75) is 32.6 Å². The standard InChI is InChI=1S/C24H24N4O2/c1-14-12-20(27-24(25)26-14)23(30)28-11-3-5-17(13-28)22(29)19-10-9-16-8-7-15-4-2-6-18(19)21(15)16/h2,4,6,9-10,12,17H,3,5,7-8,11,13H2,1H3,(H2,25,26,27)/t17-/m1/s1. The van der Waals surface area contributed by atoms with Crippen molar-refractivity contribution in [3.8, 4) is 0 Å². The number of aromatic nitrogens is 2. The molecule has 0 bridgehead atoms. The van der Waals surface area contributed by atoms with E-state index in [1.807, 2.05) is 12.1 Å². The van der Waals surface area contributed by atoms with Crippen LogP contribution in [0.25, 0.3) is 10.8 Å². The highest BCUT2D eigenvalue weighted by Crippen LogP contribution is 2.34. The Morgan fingerprint density at radius 1 is 1.10 bits per heavy atom.